The predicted octanol–water partition coefficient (Wildman–Crippen LogP) is 2.09. The zero-order chi connectivity index (χ0) is 20.5. The summed E-state index contributed by atoms with van der Waals surface area (Å²) >= 11 is 0. The lowest BCUT2D eigenvalue weighted by atomic mass is 10.2. The number of halogens is 2. The number of aromatic nitrogens is 2. The Morgan fingerprint density at radius 3 is 2.64 bits per heavy atom. The van der Waals surface area contributed by atoms with Crippen molar-refractivity contribution in [1.29, 1.82) is 0 Å². The molecule has 2 amide bonds. The second-order valence-electron chi connectivity index (χ2n) is 6.78. The van der Waals surface area contributed by atoms with Gasteiger partial charge in [0.1, 0.15) is 11.6 Å². The van der Waals surface area contributed by atoms with E-state index in [2.05, 4.69) is 10.4 Å². The highest BCUT2D eigenvalue weighted by Crippen LogP contribution is 2.29. The van der Waals surface area contributed by atoms with Crippen LogP contribution in [-0.2, 0) is 16.1 Å². The molecule has 150 valence electrons. The molecular weight excluding hydrogens is 374 g/mol. The number of rotatable bonds is 5. The maximum Gasteiger partial charge on any atom is 0.410 e. The van der Waals surface area contributed by atoms with E-state index in [1.165, 1.54) is 11.1 Å². The number of ether oxygens (including phenoxy) is 1. The predicted molar refractivity (Wildman–Crippen MR) is 94.2 cm³/mol. The van der Waals surface area contributed by atoms with Crippen LogP contribution in [0.3, 0.4) is 0 Å². The van der Waals surface area contributed by atoms with Crippen molar-refractivity contribution in [2.45, 2.75) is 38.6 Å². The Kier molecular flexibility index (Phi) is 5.32. The monoisotopic (exact) mass is 394 g/mol. The molecule has 2 heterocycles. The highest BCUT2D eigenvalue weighted by molar-refractivity contribution is 6.01. The molecule has 0 radical (unpaired) electrons. The van der Waals surface area contributed by atoms with Gasteiger partial charge in [0.15, 0.2) is 0 Å². The van der Waals surface area contributed by atoms with Gasteiger partial charge in [-0.1, -0.05) is 0 Å². The molecule has 0 spiro atoms. The van der Waals surface area contributed by atoms with Gasteiger partial charge in [0.2, 0.25) is 0 Å². The third-order valence-electron chi connectivity index (χ3n) is 4.30. The van der Waals surface area contributed by atoms with Crippen molar-refractivity contribution in [3.05, 3.63) is 47.8 Å². The first kappa shape index (κ1) is 19.7. The average Bonchev–Trinajstić information content (AvgIpc) is 3.19. The molecule has 0 unspecified atom stereocenters. The molecule has 28 heavy (non-hydrogen) atoms. The molecule has 1 saturated heterocycles. The lowest BCUT2D eigenvalue weighted by Crippen LogP contribution is -2.46. The number of carbonyl (C=O) groups is 2. The quantitative estimate of drug-likeness (QED) is 0.757. The van der Waals surface area contributed by atoms with E-state index in [9.17, 15) is 23.5 Å². The van der Waals surface area contributed by atoms with Crippen LogP contribution in [0.4, 0.5) is 19.3 Å². The van der Waals surface area contributed by atoms with Crippen LogP contribution in [0.2, 0.25) is 0 Å². The van der Waals surface area contributed by atoms with Crippen LogP contribution in [0.15, 0.2) is 30.6 Å². The fraction of sp³-hybridized carbons (Fsp3) is 0.389. The Morgan fingerprint density at radius 1 is 1.36 bits per heavy atom. The molecule has 2 N–H and O–H groups in total. The van der Waals surface area contributed by atoms with E-state index in [0.29, 0.717) is 11.8 Å². The van der Waals surface area contributed by atoms with Gasteiger partial charge in [0.25, 0.3) is 11.7 Å². The highest BCUT2D eigenvalue weighted by Gasteiger charge is 2.50. The number of aliphatic hydroxyl groups is 1. The van der Waals surface area contributed by atoms with Crippen molar-refractivity contribution in [2.75, 3.05) is 11.4 Å². The van der Waals surface area contributed by atoms with E-state index < -0.39 is 29.4 Å². The molecule has 1 aromatic heterocycles. The van der Waals surface area contributed by atoms with Crippen LogP contribution in [0.25, 0.3) is 0 Å². The summed E-state index contributed by atoms with van der Waals surface area (Å²) in [5.74, 6) is -4.68. The number of benzene rings is 1. The van der Waals surface area contributed by atoms with Crippen LogP contribution >= 0.6 is 0 Å². The van der Waals surface area contributed by atoms with E-state index >= 15 is 0 Å². The molecule has 10 heteroatoms. The first-order valence-electron chi connectivity index (χ1n) is 8.68. The van der Waals surface area contributed by atoms with Gasteiger partial charge in [-0.2, -0.15) is 5.10 Å². The zero-order valence-electron chi connectivity index (χ0n) is 15.4. The largest absolute Gasteiger partial charge is 0.410 e. The lowest BCUT2D eigenvalue weighted by molar-refractivity contribution is -0.175. The number of nitrogens with one attached hydrogen (secondary N) is 1. The smallest absolute Gasteiger partial charge is 0.407 e. The third kappa shape index (κ3) is 4.11. The second-order valence-corrected chi connectivity index (χ2v) is 6.78. The van der Waals surface area contributed by atoms with E-state index in [1.807, 2.05) is 13.8 Å². The SMILES string of the molecule is CC(C)n1cc(N2CC[C@](O)(OC(=O)NCc3cc(F)cc(F)c3)C2=O)cn1. The van der Waals surface area contributed by atoms with Crippen molar-refractivity contribution in [3.8, 4) is 0 Å². The first-order chi connectivity index (χ1) is 13.2. The van der Waals surface area contributed by atoms with Crippen molar-refractivity contribution in [1.82, 2.24) is 15.1 Å². The number of amides is 2. The zero-order valence-corrected chi connectivity index (χ0v) is 15.4. The molecule has 0 aliphatic carbocycles. The molecule has 0 bridgehead atoms. The van der Waals surface area contributed by atoms with E-state index in [-0.39, 0.29) is 31.1 Å². The number of hydrogen-bond acceptors (Lipinski definition) is 5. The summed E-state index contributed by atoms with van der Waals surface area (Å²) in [4.78, 5) is 25.8. The molecule has 2 aromatic rings. The Labute approximate surface area is 159 Å². The minimum Gasteiger partial charge on any atom is -0.407 e. The minimum absolute atomic E-state index is 0.0972. The third-order valence-corrected chi connectivity index (χ3v) is 4.30. The number of hydrogen-bond donors (Lipinski definition) is 2. The molecular formula is C18H20F2N4O4. The molecule has 1 aliphatic heterocycles. The number of carbonyl (C=O) groups excluding carboxylic acids is 2. The Balaban J connectivity index is 1.61. The van der Waals surface area contributed by atoms with Gasteiger partial charge in [-0.25, -0.2) is 13.6 Å². The van der Waals surface area contributed by atoms with Crippen LogP contribution in [-0.4, -0.2) is 39.2 Å². The number of anilines is 1. The summed E-state index contributed by atoms with van der Waals surface area (Å²) in [5, 5.41) is 16.8. The summed E-state index contributed by atoms with van der Waals surface area (Å²) in [5.41, 5.74) is 0.649. The summed E-state index contributed by atoms with van der Waals surface area (Å²) in [7, 11) is 0. The van der Waals surface area contributed by atoms with Gasteiger partial charge < -0.3 is 20.1 Å². The fourth-order valence-electron chi connectivity index (χ4n) is 2.85. The standard InChI is InChI=1S/C18H20F2N4O4/c1-11(2)24-10-15(9-22-24)23-4-3-18(27,16(23)25)28-17(26)21-8-12-5-13(19)7-14(20)6-12/h5-7,9-11,27H,3-4,8H2,1-2H3,(H,21,26)/t18-/m0/s1. The van der Waals surface area contributed by atoms with Gasteiger partial charge in [-0.3, -0.25) is 9.48 Å². The summed E-state index contributed by atoms with van der Waals surface area (Å²) < 4.78 is 32.9. The molecule has 1 fully saturated rings. The van der Waals surface area contributed by atoms with E-state index in [0.717, 1.165) is 12.1 Å². The van der Waals surface area contributed by atoms with Gasteiger partial charge in [0, 0.05) is 37.8 Å². The fourth-order valence-corrected chi connectivity index (χ4v) is 2.85. The maximum atomic E-state index is 13.2. The highest BCUT2D eigenvalue weighted by atomic mass is 19.1. The van der Waals surface area contributed by atoms with Crippen molar-refractivity contribution >= 4 is 17.7 Å². The number of alkyl carbamates (subject to hydrolysis) is 1. The van der Waals surface area contributed by atoms with Gasteiger partial charge >= 0.3 is 6.09 Å². The van der Waals surface area contributed by atoms with Crippen LogP contribution in [0.5, 0.6) is 0 Å². The Morgan fingerprint density at radius 2 is 2.04 bits per heavy atom. The Bertz CT molecular complexity index is 881. The minimum atomic E-state index is -2.32. The van der Waals surface area contributed by atoms with Crippen LogP contribution in [0, 0.1) is 11.6 Å². The molecule has 0 saturated carbocycles. The molecule has 1 aliphatic rings. The van der Waals surface area contributed by atoms with Gasteiger partial charge in [-0.15, -0.1) is 0 Å². The summed E-state index contributed by atoms with van der Waals surface area (Å²) in [6.45, 7) is 3.76. The second kappa shape index (κ2) is 7.55. The van der Waals surface area contributed by atoms with Gasteiger partial charge in [0.05, 0.1) is 11.9 Å². The normalized spacial score (nSPS) is 19.4. The number of nitrogens with zero attached hydrogens (tertiary/aromatic N) is 3. The van der Waals surface area contributed by atoms with Crippen molar-refractivity contribution < 1.29 is 28.2 Å². The molecule has 1 aromatic carbocycles. The first-order valence-corrected chi connectivity index (χ1v) is 8.68. The van der Waals surface area contributed by atoms with Crippen molar-refractivity contribution in [3.63, 3.8) is 0 Å². The molecule has 3 rings (SSSR count). The Hall–Kier alpha value is -3.01. The topological polar surface area (TPSA) is 96.7 Å². The molecule has 8 nitrogen and oxygen atoms in total. The summed E-state index contributed by atoms with van der Waals surface area (Å²) in [6, 6.07) is 2.90. The average molecular weight is 394 g/mol. The summed E-state index contributed by atoms with van der Waals surface area (Å²) in [6.07, 6.45) is 1.94. The lowest BCUT2D eigenvalue weighted by Gasteiger charge is -2.22. The van der Waals surface area contributed by atoms with Gasteiger partial charge in [-0.05, 0) is 31.5 Å². The molecule has 1 atom stereocenters. The maximum absolute atomic E-state index is 13.2. The van der Waals surface area contributed by atoms with Crippen molar-refractivity contribution in [2.24, 2.45) is 0 Å². The van der Waals surface area contributed by atoms with Crippen LogP contribution < -0.4 is 10.2 Å². The van der Waals surface area contributed by atoms with Crippen LogP contribution in [0.1, 0.15) is 31.9 Å². The van der Waals surface area contributed by atoms with E-state index in [1.54, 1.807) is 10.9 Å². The van der Waals surface area contributed by atoms with E-state index in [4.69, 9.17) is 4.74 Å².